The Bertz CT molecular complexity index is 299. The molecule has 0 aliphatic heterocycles. The first-order chi connectivity index (χ1) is 6.16. The molecule has 1 aromatic rings. The third-order valence-electron chi connectivity index (χ3n) is 2.18. The Kier molecular flexibility index (Phi) is 1.90. The molecule has 0 radical (unpaired) electrons. The van der Waals surface area contributed by atoms with Gasteiger partial charge in [-0.05, 0) is 26.7 Å². The molecule has 1 saturated carbocycles. The Morgan fingerprint density at radius 3 is 2.77 bits per heavy atom. The summed E-state index contributed by atoms with van der Waals surface area (Å²) in [4.78, 5) is 0. The molecule has 1 fully saturated rings. The van der Waals surface area contributed by atoms with E-state index in [4.69, 9.17) is 5.73 Å². The lowest BCUT2D eigenvalue weighted by Gasteiger charge is -2.06. The van der Waals surface area contributed by atoms with E-state index >= 15 is 0 Å². The molecule has 0 atom stereocenters. The highest BCUT2D eigenvalue weighted by Gasteiger charge is 2.22. The van der Waals surface area contributed by atoms with Crippen molar-refractivity contribution in [3.63, 3.8) is 0 Å². The first-order valence-corrected chi connectivity index (χ1v) is 4.78. The summed E-state index contributed by atoms with van der Waals surface area (Å²) in [5.74, 6) is 1.65. The van der Waals surface area contributed by atoms with E-state index < -0.39 is 0 Å². The molecule has 0 bridgehead atoms. The number of hydrogen-bond donors (Lipinski definition) is 2. The van der Waals surface area contributed by atoms with Crippen molar-refractivity contribution in [3.05, 3.63) is 6.07 Å². The van der Waals surface area contributed by atoms with Gasteiger partial charge in [0.05, 0.1) is 0 Å². The molecule has 0 saturated heterocycles. The van der Waals surface area contributed by atoms with Gasteiger partial charge >= 0.3 is 0 Å². The molecule has 13 heavy (non-hydrogen) atoms. The number of aromatic nitrogens is 2. The van der Waals surface area contributed by atoms with Gasteiger partial charge in [0.15, 0.2) is 0 Å². The van der Waals surface area contributed by atoms with Crippen LogP contribution in [-0.4, -0.2) is 15.8 Å². The number of anilines is 2. The van der Waals surface area contributed by atoms with Gasteiger partial charge in [-0.3, -0.25) is 0 Å². The summed E-state index contributed by atoms with van der Waals surface area (Å²) in [6.07, 6.45) is 2.52. The lowest BCUT2D eigenvalue weighted by molar-refractivity contribution is 0.542. The van der Waals surface area contributed by atoms with Crippen LogP contribution in [0.15, 0.2) is 6.07 Å². The zero-order chi connectivity index (χ0) is 9.42. The maximum Gasteiger partial charge on any atom is 0.150 e. The van der Waals surface area contributed by atoms with Crippen LogP contribution in [0.1, 0.15) is 32.7 Å². The zero-order valence-electron chi connectivity index (χ0n) is 8.12. The van der Waals surface area contributed by atoms with Gasteiger partial charge < -0.3 is 11.1 Å². The maximum atomic E-state index is 5.80. The van der Waals surface area contributed by atoms with Crippen LogP contribution in [0, 0.1) is 0 Å². The summed E-state index contributed by atoms with van der Waals surface area (Å²) in [6.45, 7) is 4.15. The molecular weight excluding hydrogens is 164 g/mol. The van der Waals surface area contributed by atoms with Gasteiger partial charge in [0.1, 0.15) is 11.6 Å². The molecule has 0 amide bonds. The van der Waals surface area contributed by atoms with E-state index in [0.29, 0.717) is 12.1 Å². The molecule has 1 aromatic heterocycles. The smallest absolute Gasteiger partial charge is 0.150 e. The van der Waals surface area contributed by atoms with Crippen molar-refractivity contribution in [1.82, 2.24) is 9.78 Å². The third-order valence-corrected chi connectivity index (χ3v) is 2.18. The molecule has 0 aromatic carbocycles. The summed E-state index contributed by atoms with van der Waals surface area (Å²) < 4.78 is 1.84. The first kappa shape index (κ1) is 8.41. The Morgan fingerprint density at radius 1 is 1.62 bits per heavy atom. The molecule has 3 N–H and O–H groups in total. The first-order valence-electron chi connectivity index (χ1n) is 4.78. The SMILES string of the molecule is CC(C)n1nc(NC2CC2)cc1N. The Morgan fingerprint density at radius 2 is 2.31 bits per heavy atom. The minimum atomic E-state index is 0.328. The third kappa shape index (κ3) is 1.76. The lowest BCUT2D eigenvalue weighted by atomic mass is 10.4. The minimum Gasteiger partial charge on any atom is -0.384 e. The minimum absolute atomic E-state index is 0.328. The summed E-state index contributed by atoms with van der Waals surface area (Å²) in [6, 6.07) is 2.86. The largest absolute Gasteiger partial charge is 0.384 e. The highest BCUT2D eigenvalue weighted by Crippen LogP contribution is 2.25. The van der Waals surface area contributed by atoms with E-state index in [-0.39, 0.29) is 0 Å². The van der Waals surface area contributed by atoms with Crippen LogP contribution >= 0.6 is 0 Å². The summed E-state index contributed by atoms with van der Waals surface area (Å²) in [5, 5.41) is 7.69. The van der Waals surface area contributed by atoms with Crippen LogP contribution in [-0.2, 0) is 0 Å². The standard InChI is InChI=1S/C9H16N4/c1-6(2)13-8(10)5-9(12-13)11-7-3-4-7/h5-7H,3-4,10H2,1-2H3,(H,11,12). The van der Waals surface area contributed by atoms with Crippen molar-refractivity contribution in [3.8, 4) is 0 Å². The Labute approximate surface area is 78.1 Å². The van der Waals surface area contributed by atoms with Crippen molar-refractivity contribution < 1.29 is 0 Å². The van der Waals surface area contributed by atoms with E-state index in [1.807, 2.05) is 10.7 Å². The van der Waals surface area contributed by atoms with Crippen molar-refractivity contribution in [2.45, 2.75) is 38.8 Å². The van der Waals surface area contributed by atoms with Crippen LogP contribution in [0.3, 0.4) is 0 Å². The Balaban J connectivity index is 2.13. The maximum absolute atomic E-state index is 5.80. The van der Waals surface area contributed by atoms with Gasteiger partial charge in [-0.25, -0.2) is 4.68 Å². The quantitative estimate of drug-likeness (QED) is 0.743. The van der Waals surface area contributed by atoms with E-state index in [1.165, 1.54) is 12.8 Å². The van der Waals surface area contributed by atoms with Crippen LogP contribution in [0.4, 0.5) is 11.6 Å². The van der Waals surface area contributed by atoms with Crippen molar-refractivity contribution in [1.29, 1.82) is 0 Å². The van der Waals surface area contributed by atoms with Gasteiger partial charge in [0.25, 0.3) is 0 Å². The van der Waals surface area contributed by atoms with Crippen LogP contribution in [0.2, 0.25) is 0 Å². The van der Waals surface area contributed by atoms with Crippen molar-refractivity contribution in [2.75, 3.05) is 11.1 Å². The van der Waals surface area contributed by atoms with E-state index in [0.717, 1.165) is 11.6 Å². The fraction of sp³-hybridized carbons (Fsp3) is 0.667. The second-order valence-corrected chi connectivity index (χ2v) is 3.91. The van der Waals surface area contributed by atoms with E-state index in [9.17, 15) is 0 Å². The van der Waals surface area contributed by atoms with Crippen LogP contribution in [0.25, 0.3) is 0 Å². The Hall–Kier alpha value is -1.19. The highest BCUT2D eigenvalue weighted by molar-refractivity contribution is 5.47. The average Bonchev–Trinajstić information content (AvgIpc) is 2.75. The second-order valence-electron chi connectivity index (χ2n) is 3.91. The summed E-state index contributed by atoms with van der Waals surface area (Å²) in [7, 11) is 0. The topological polar surface area (TPSA) is 55.9 Å². The number of nitrogens with one attached hydrogen (secondary N) is 1. The number of nitrogens with zero attached hydrogens (tertiary/aromatic N) is 2. The molecule has 4 nitrogen and oxygen atoms in total. The zero-order valence-corrected chi connectivity index (χ0v) is 8.12. The number of rotatable bonds is 3. The predicted molar refractivity (Wildman–Crippen MR) is 53.7 cm³/mol. The molecular formula is C9H16N4. The summed E-state index contributed by atoms with van der Waals surface area (Å²) in [5.41, 5.74) is 5.80. The molecule has 1 aliphatic carbocycles. The fourth-order valence-electron chi connectivity index (χ4n) is 1.33. The van der Waals surface area contributed by atoms with Crippen molar-refractivity contribution in [2.24, 2.45) is 0 Å². The van der Waals surface area contributed by atoms with Crippen molar-refractivity contribution >= 4 is 11.6 Å². The van der Waals surface area contributed by atoms with Gasteiger partial charge in [-0.2, -0.15) is 5.10 Å². The van der Waals surface area contributed by atoms with Gasteiger partial charge in [-0.1, -0.05) is 0 Å². The molecule has 1 heterocycles. The van der Waals surface area contributed by atoms with Gasteiger partial charge in [0, 0.05) is 18.2 Å². The normalized spacial score (nSPS) is 16.5. The van der Waals surface area contributed by atoms with E-state index in [2.05, 4.69) is 24.3 Å². The lowest BCUT2D eigenvalue weighted by Crippen LogP contribution is -2.07. The molecule has 0 unspecified atom stereocenters. The molecule has 1 aliphatic rings. The highest BCUT2D eigenvalue weighted by atomic mass is 15.4. The predicted octanol–water partition coefficient (Wildman–Crippen LogP) is 1.62. The average molecular weight is 180 g/mol. The number of nitrogens with two attached hydrogens (primary N) is 1. The fourth-order valence-corrected chi connectivity index (χ4v) is 1.33. The van der Waals surface area contributed by atoms with Crippen LogP contribution < -0.4 is 11.1 Å². The van der Waals surface area contributed by atoms with Gasteiger partial charge in [-0.15, -0.1) is 0 Å². The molecule has 4 heteroatoms. The van der Waals surface area contributed by atoms with Gasteiger partial charge in [0.2, 0.25) is 0 Å². The second kappa shape index (κ2) is 2.94. The molecule has 2 rings (SSSR count). The van der Waals surface area contributed by atoms with Crippen LogP contribution in [0.5, 0.6) is 0 Å². The molecule has 0 spiro atoms. The monoisotopic (exact) mass is 180 g/mol. The molecule has 72 valence electrons. The van der Waals surface area contributed by atoms with E-state index in [1.54, 1.807) is 0 Å². The number of nitrogen functional groups attached to an aromatic ring is 1. The number of hydrogen-bond acceptors (Lipinski definition) is 3. The summed E-state index contributed by atoms with van der Waals surface area (Å²) >= 11 is 0.